The van der Waals surface area contributed by atoms with Gasteiger partial charge in [-0.3, -0.25) is 9.59 Å². The van der Waals surface area contributed by atoms with Gasteiger partial charge in [-0.05, 0) is 59.7 Å². The minimum absolute atomic E-state index is 0.0219. The third-order valence-electron chi connectivity index (χ3n) is 6.44. The van der Waals surface area contributed by atoms with E-state index in [1.807, 2.05) is 71.6 Å². The number of hydrogen-bond donors (Lipinski definition) is 1. The van der Waals surface area contributed by atoms with E-state index < -0.39 is 0 Å². The van der Waals surface area contributed by atoms with Crippen molar-refractivity contribution in [2.24, 2.45) is 5.92 Å². The summed E-state index contributed by atoms with van der Waals surface area (Å²) in [4.78, 5) is 27.7. The predicted molar refractivity (Wildman–Crippen MR) is 146 cm³/mol. The molecule has 6 heteroatoms. The monoisotopic (exact) mass is 502 g/mol. The van der Waals surface area contributed by atoms with Crippen LogP contribution in [0.4, 0.5) is 0 Å². The highest BCUT2D eigenvalue weighted by atomic mass is 32.2. The molecule has 2 atom stereocenters. The lowest BCUT2D eigenvalue weighted by Crippen LogP contribution is -2.30. The largest absolute Gasteiger partial charge is 0.497 e. The van der Waals surface area contributed by atoms with Crippen LogP contribution in [0, 0.1) is 5.92 Å². The van der Waals surface area contributed by atoms with Gasteiger partial charge in [0.25, 0.3) is 5.91 Å². The van der Waals surface area contributed by atoms with Crippen LogP contribution in [0.3, 0.4) is 0 Å². The Hall–Kier alpha value is -3.25. The summed E-state index contributed by atoms with van der Waals surface area (Å²) in [6, 6.07) is 25.7. The molecule has 5 nitrogen and oxygen atoms in total. The predicted octanol–water partition coefficient (Wildman–Crippen LogP) is 6.03. The Morgan fingerprint density at radius 1 is 1.03 bits per heavy atom. The van der Waals surface area contributed by atoms with Gasteiger partial charge >= 0.3 is 0 Å². The van der Waals surface area contributed by atoms with Crippen molar-refractivity contribution in [1.29, 1.82) is 0 Å². The van der Waals surface area contributed by atoms with Gasteiger partial charge in [-0.1, -0.05) is 68.4 Å². The first-order valence-electron chi connectivity index (χ1n) is 12.4. The third-order valence-corrected chi connectivity index (χ3v) is 7.70. The summed E-state index contributed by atoms with van der Waals surface area (Å²) < 4.78 is 5.27. The normalized spacial score (nSPS) is 16.3. The third kappa shape index (κ3) is 6.49. The summed E-state index contributed by atoms with van der Waals surface area (Å²) >= 11 is 1.64. The highest BCUT2D eigenvalue weighted by Crippen LogP contribution is 2.38. The number of methoxy groups -OCH3 is 1. The van der Waals surface area contributed by atoms with Crippen LogP contribution in [0.1, 0.15) is 58.7 Å². The number of nitrogens with zero attached hydrogens (tertiary/aromatic N) is 1. The van der Waals surface area contributed by atoms with Gasteiger partial charge in [0.1, 0.15) is 11.1 Å². The summed E-state index contributed by atoms with van der Waals surface area (Å²) in [7, 11) is 1.65. The number of carbonyl (C=O) groups is 2. The van der Waals surface area contributed by atoms with Crippen molar-refractivity contribution in [2.75, 3.05) is 19.4 Å². The summed E-state index contributed by atoms with van der Waals surface area (Å²) in [6.07, 6.45) is 1.67. The Morgan fingerprint density at radius 2 is 1.72 bits per heavy atom. The standard InChI is InChI=1S/C30H34N2O3S/c1-21(2)19-27(23-13-15-26(35-3)16-14-23)31-29(34)24-9-11-25(12-10-24)30-32(28(33)20-36-30)18-17-22-7-5-4-6-8-22/h4-16,21,27,30H,17-20H2,1-3H3,(H,31,34)/t27-,30+/m1/s1. The summed E-state index contributed by atoms with van der Waals surface area (Å²) in [5.41, 5.74) is 3.95. The van der Waals surface area contributed by atoms with Gasteiger partial charge in [-0.15, -0.1) is 11.8 Å². The first kappa shape index (κ1) is 25.8. The molecule has 0 saturated carbocycles. The molecule has 1 heterocycles. The van der Waals surface area contributed by atoms with Gasteiger partial charge in [0.2, 0.25) is 5.91 Å². The van der Waals surface area contributed by atoms with E-state index in [1.165, 1.54) is 5.56 Å². The molecule has 2 amide bonds. The number of carbonyl (C=O) groups excluding carboxylic acids is 2. The lowest BCUT2D eigenvalue weighted by Gasteiger charge is -2.25. The Kier molecular flexibility index (Phi) is 8.70. The molecular weight excluding hydrogens is 468 g/mol. The lowest BCUT2D eigenvalue weighted by molar-refractivity contribution is -0.128. The Morgan fingerprint density at radius 3 is 2.36 bits per heavy atom. The van der Waals surface area contributed by atoms with Crippen molar-refractivity contribution in [3.8, 4) is 5.75 Å². The minimum Gasteiger partial charge on any atom is -0.497 e. The van der Waals surface area contributed by atoms with E-state index in [9.17, 15) is 9.59 Å². The molecule has 36 heavy (non-hydrogen) atoms. The summed E-state index contributed by atoms with van der Waals surface area (Å²) in [5, 5.41) is 3.19. The molecule has 4 rings (SSSR count). The molecule has 3 aromatic rings. The van der Waals surface area contributed by atoms with E-state index in [0.717, 1.165) is 29.7 Å². The number of amides is 2. The quantitative estimate of drug-likeness (QED) is 0.368. The SMILES string of the molecule is COc1ccc([C@@H](CC(C)C)NC(=O)c2ccc([C@@H]3SCC(=O)N3CCc3ccccc3)cc2)cc1. The summed E-state index contributed by atoms with van der Waals surface area (Å²) in [5.74, 6) is 1.78. The van der Waals surface area contributed by atoms with Crippen LogP contribution < -0.4 is 10.1 Å². The van der Waals surface area contributed by atoms with Gasteiger partial charge in [-0.25, -0.2) is 0 Å². The molecule has 0 radical (unpaired) electrons. The molecule has 1 fully saturated rings. The van der Waals surface area contributed by atoms with Crippen LogP contribution in [0.25, 0.3) is 0 Å². The Labute approximate surface area is 218 Å². The minimum atomic E-state index is -0.0981. The highest BCUT2D eigenvalue weighted by molar-refractivity contribution is 8.00. The first-order valence-corrected chi connectivity index (χ1v) is 13.5. The number of rotatable bonds is 10. The van der Waals surface area contributed by atoms with Crippen LogP contribution in [-0.4, -0.2) is 36.1 Å². The Bertz CT molecular complexity index is 1150. The molecule has 0 spiro atoms. The number of hydrogen-bond acceptors (Lipinski definition) is 4. The maximum absolute atomic E-state index is 13.1. The lowest BCUT2D eigenvalue weighted by atomic mass is 9.96. The second kappa shape index (κ2) is 12.1. The van der Waals surface area contributed by atoms with Gasteiger partial charge in [-0.2, -0.15) is 0 Å². The molecule has 1 N–H and O–H groups in total. The smallest absolute Gasteiger partial charge is 0.251 e. The highest BCUT2D eigenvalue weighted by Gasteiger charge is 2.32. The van der Waals surface area contributed by atoms with Crippen molar-refractivity contribution in [3.05, 3.63) is 101 Å². The second-order valence-corrected chi connectivity index (χ2v) is 10.6. The van der Waals surface area contributed by atoms with Crippen LogP contribution in [0.2, 0.25) is 0 Å². The van der Waals surface area contributed by atoms with Crippen LogP contribution in [-0.2, 0) is 11.2 Å². The zero-order valence-electron chi connectivity index (χ0n) is 21.1. The molecule has 3 aromatic carbocycles. The fraction of sp³-hybridized carbons (Fsp3) is 0.333. The van der Waals surface area contributed by atoms with Crippen LogP contribution in [0.15, 0.2) is 78.9 Å². The van der Waals surface area contributed by atoms with Gasteiger partial charge in [0.15, 0.2) is 0 Å². The van der Waals surface area contributed by atoms with Gasteiger partial charge in [0, 0.05) is 12.1 Å². The molecule has 0 aliphatic carbocycles. The Balaban J connectivity index is 1.43. The first-order chi connectivity index (χ1) is 17.4. The van der Waals surface area contributed by atoms with Gasteiger partial charge in [0.05, 0.1) is 18.9 Å². The molecule has 1 aliphatic rings. The molecular formula is C30H34N2O3S. The van der Waals surface area contributed by atoms with E-state index in [0.29, 0.717) is 23.8 Å². The number of nitrogens with one attached hydrogen (secondary N) is 1. The maximum Gasteiger partial charge on any atom is 0.251 e. The fourth-order valence-corrected chi connectivity index (χ4v) is 5.71. The molecule has 1 aliphatic heterocycles. The van der Waals surface area contributed by atoms with Crippen molar-refractivity contribution >= 4 is 23.6 Å². The average molecular weight is 503 g/mol. The molecule has 0 unspecified atom stereocenters. The van der Waals surface area contributed by atoms with Crippen molar-refractivity contribution in [3.63, 3.8) is 0 Å². The van der Waals surface area contributed by atoms with E-state index >= 15 is 0 Å². The zero-order valence-corrected chi connectivity index (χ0v) is 22.0. The van der Waals surface area contributed by atoms with Crippen LogP contribution in [0.5, 0.6) is 5.75 Å². The second-order valence-electron chi connectivity index (χ2n) is 9.54. The van der Waals surface area contributed by atoms with E-state index in [-0.39, 0.29) is 23.2 Å². The van der Waals surface area contributed by atoms with Crippen molar-refractivity contribution in [1.82, 2.24) is 10.2 Å². The molecule has 1 saturated heterocycles. The van der Waals surface area contributed by atoms with E-state index in [4.69, 9.17) is 4.74 Å². The average Bonchev–Trinajstić information content (AvgIpc) is 3.27. The number of benzene rings is 3. The topological polar surface area (TPSA) is 58.6 Å². The van der Waals surface area contributed by atoms with Crippen molar-refractivity contribution < 1.29 is 14.3 Å². The molecule has 188 valence electrons. The number of thioether (sulfide) groups is 1. The zero-order chi connectivity index (χ0) is 25.5. The molecule has 0 aromatic heterocycles. The van der Waals surface area contributed by atoms with Gasteiger partial charge < -0.3 is 15.0 Å². The number of ether oxygens (including phenoxy) is 1. The van der Waals surface area contributed by atoms with Crippen LogP contribution >= 0.6 is 11.8 Å². The fourth-order valence-electron chi connectivity index (χ4n) is 4.49. The molecule has 0 bridgehead atoms. The van der Waals surface area contributed by atoms with Crippen molar-refractivity contribution in [2.45, 2.75) is 38.1 Å². The van der Waals surface area contributed by atoms with E-state index in [1.54, 1.807) is 18.9 Å². The maximum atomic E-state index is 13.1. The summed E-state index contributed by atoms with van der Waals surface area (Å²) in [6.45, 7) is 4.99. The van der Waals surface area contributed by atoms with E-state index in [2.05, 4.69) is 31.3 Å².